The zero-order valence-corrected chi connectivity index (χ0v) is 14.4. The van der Waals surface area contributed by atoms with Gasteiger partial charge < -0.3 is 14.7 Å². The number of amides is 1. The lowest BCUT2D eigenvalue weighted by atomic mass is 10.2. The summed E-state index contributed by atoms with van der Waals surface area (Å²) in [5.41, 5.74) is 1.48. The van der Waals surface area contributed by atoms with E-state index < -0.39 is 12.1 Å². The second-order valence-electron chi connectivity index (χ2n) is 5.82. The molecule has 9 heteroatoms. The van der Waals surface area contributed by atoms with Gasteiger partial charge in [0.05, 0.1) is 24.5 Å². The number of hydrogen-bond acceptors (Lipinski definition) is 6. The van der Waals surface area contributed by atoms with E-state index >= 15 is 0 Å². The van der Waals surface area contributed by atoms with Crippen LogP contribution < -0.4 is 0 Å². The molecule has 1 fully saturated rings. The van der Waals surface area contributed by atoms with Gasteiger partial charge in [0, 0.05) is 25.4 Å². The Morgan fingerprint density at radius 3 is 2.79 bits per heavy atom. The van der Waals surface area contributed by atoms with E-state index in [1.807, 2.05) is 13.2 Å². The summed E-state index contributed by atoms with van der Waals surface area (Å²) in [6.07, 6.45) is 2.21. The maximum atomic E-state index is 12.8. The quantitative estimate of drug-likeness (QED) is 0.892. The van der Waals surface area contributed by atoms with Crippen molar-refractivity contribution in [2.24, 2.45) is 7.05 Å². The Hall–Kier alpha value is -2.26. The minimum atomic E-state index is -1.06. The molecule has 1 saturated heterocycles. The van der Waals surface area contributed by atoms with Gasteiger partial charge in [-0.05, 0) is 13.8 Å². The Bertz CT molecular complexity index is 784. The van der Waals surface area contributed by atoms with Gasteiger partial charge in [0.2, 0.25) is 0 Å². The van der Waals surface area contributed by atoms with Crippen LogP contribution in [0.25, 0.3) is 10.6 Å². The Morgan fingerprint density at radius 2 is 2.17 bits per heavy atom. The summed E-state index contributed by atoms with van der Waals surface area (Å²) in [5.74, 6) is -1.27. The van der Waals surface area contributed by atoms with Crippen molar-refractivity contribution in [3.8, 4) is 10.6 Å². The number of carbonyl (C=O) groups is 2. The molecule has 1 N–H and O–H groups in total. The van der Waals surface area contributed by atoms with Crippen molar-refractivity contribution in [2.75, 3.05) is 13.1 Å². The number of aliphatic carboxylic acids is 1. The van der Waals surface area contributed by atoms with Gasteiger partial charge >= 0.3 is 5.97 Å². The highest BCUT2D eigenvalue weighted by Crippen LogP contribution is 2.29. The van der Waals surface area contributed by atoms with Crippen LogP contribution in [0.3, 0.4) is 0 Å². The third kappa shape index (κ3) is 3.17. The third-order valence-corrected chi connectivity index (χ3v) is 4.96. The average molecular weight is 350 g/mol. The lowest BCUT2D eigenvalue weighted by Crippen LogP contribution is -2.51. The maximum Gasteiger partial charge on any atom is 0.334 e. The van der Waals surface area contributed by atoms with Crippen molar-refractivity contribution in [1.82, 2.24) is 19.7 Å². The SMILES string of the molecule is Cc1nc(-c2cnn(C)c2)sc1C(=O)N1CC(C(=O)O)O[C@H](C)C1. The van der Waals surface area contributed by atoms with Gasteiger partial charge in [0.25, 0.3) is 5.91 Å². The number of aryl methyl sites for hydroxylation is 2. The number of hydrogen-bond donors (Lipinski definition) is 1. The molecule has 8 nitrogen and oxygen atoms in total. The molecule has 0 spiro atoms. The number of thiazole rings is 1. The molecular weight excluding hydrogens is 332 g/mol. The van der Waals surface area contributed by atoms with Crippen molar-refractivity contribution >= 4 is 23.2 Å². The summed E-state index contributed by atoms with van der Waals surface area (Å²) in [6, 6.07) is 0. The number of morpholine rings is 1. The van der Waals surface area contributed by atoms with Gasteiger partial charge in [-0.1, -0.05) is 0 Å². The normalized spacial score (nSPS) is 21.0. The van der Waals surface area contributed by atoms with Crippen LogP contribution in [0, 0.1) is 6.92 Å². The van der Waals surface area contributed by atoms with E-state index in [1.54, 1.807) is 24.7 Å². The predicted octanol–water partition coefficient (Wildman–Crippen LogP) is 1.17. The lowest BCUT2D eigenvalue weighted by molar-refractivity contribution is -0.160. The van der Waals surface area contributed by atoms with Crippen molar-refractivity contribution in [3.63, 3.8) is 0 Å². The molecule has 1 aliphatic rings. The molecule has 1 unspecified atom stereocenters. The molecule has 0 radical (unpaired) electrons. The van der Waals surface area contributed by atoms with Crippen LogP contribution in [0.1, 0.15) is 22.3 Å². The van der Waals surface area contributed by atoms with Gasteiger partial charge in [-0.25, -0.2) is 9.78 Å². The Morgan fingerprint density at radius 1 is 1.42 bits per heavy atom. The van der Waals surface area contributed by atoms with Crippen LogP contribution in [-0.4, -0.2) is 61.9 Å². The second kappa shape index (κ2) is 6.33. The summed E-state index contributed by atoms with van der Waals surface area (Å²) in [7, 11) is 1.82. The zero-order valence-electron chi connectivity index (χ0n) is 13.6. The number of aromatic nitrogens is 3. The van der Waals surface area contributed by atoms with E-state index in [-0.39, 0.29) is 18.6 Å². The van der Waals surface area contributed by atoms with Crippen LogP contribution >= 0.6 is 11.3 Å². The van der Waals surface area contributed by atoms with E-state index in [0.717, 1.165) is 10.6 Å². The lowest BCUT2D eigenvalue weighted by Gasteiger charge is -2.34. The van der Waals surface area contributed by atoms with E-state index in [4.69, 9.17) is 9.84 Å². The molecule has 3 rings (SSSR count). The van der Waals surface area contributed by atoms with Crippen molar-refractivity contribution in [1.29, 1.82) is 0 Å². The molecule has 24 heavy (non-hydrogen) atoms. The highest BCUT2D eigenvalue weighted by molar-refractivity contribution is 7.17. The van der Waals surface area contributed by atoms with Crippen molar-refractivity contribution in [3.05, 3.63) is 23.0 Å². The summed E-state index contributed by atoms with van der Waals surface area (Å²) >= 11 is 1.29. The van der Waals surface area contributed by atoms with Gasteiger partial charge in [-0.15, -0.1) is 11.3 Å². The van der Waals surface area contributed by atoms with Crippen LogP contribution in [0.2, 0.25) is 0 Å². The molecule has 2 aromatic rings. The number of carbonyl (C=O) groups excluding carboxylic acids is 1. The Kier molecular flexibility index (Phi) is 4.37. The first-order valence-corrected chi connectivity index (χ1v) is 8.30. The van der Waals surface area contributed by atoms with E-state index in [9.17, 15) is 9.59 Å². The number of carboxylic acid groups (broad SMARTS) is 1. The first-order valence-electron chi connectivity index (χ1n) is 7.49. The second-order valence-corrected chi connectivity index (χ2v) is 6.82. The third-order valence-electron chi connectivity index (χ3n) is 3.77. The Labute approximate surface area is 142 Å². The minimum Gasteiger partial charge on any atom is -0.479 e. The van der Waals surface area contributed by atoms with E-state index in [0.29, 0.717) is 17.1 Å². The van der Waals surface area contributed by atoms with Gasteiger partial charge in [-0.2, -0.15) is 5.10 Å². The Balaban J connectivity index is 1.84. The molecule has 1 amide bonds. The molecule has 2 aromatic heterocycles. The highest BCUT2D eigenvalue weighted by Gasteiger charge is 2.34. The first-order chi connectivity index (χ1) is 11.3. The molecule has 3 heterocycles. The van der Waals surface area contributed by atoms with E-state index in [2.05, 4.69) is 10.1 Å². The first kappa shape index (κ1) is 16.6. The molecule has 0 saturated carbocycles. The number of ether oxygens (including phenoxy) is 1. The minimum absolute atomic E-state index is 0.0398. The van der Waals surface area contributed by atoms with E-state index in [1.165, 1.54) is 16.2 Å². The highest BCUT2D eigenvalue weighted by atomic mass is 32.1. The number of nitrogens with zero attached hydrogens (tertiary/aromatic N) is 4. The molecule has 0 bridgehead atoms. The number of carboxylic acids is 1. The van der Waals surface area contributed by atoms with Crippen LogP contribution in [0.5, 0.6) is 0 Å². The summed E-state index contributed by atoms with van der Waals surface area (Å²) in [6.45, 7) is 3.94. The smallest absolute Gasteiger partial charge is 0.334 e. The van der Waals surface area contributed by atoms with Gasteiger partial charge in [-0.3, -0.25) is 9.48 Å². The van der Waals surface area contributed by atoms with Crippen LogP contribution in [0.15, 0.2) is 12.4 Å². The fourth-order valence-electron chi connectivity index (χ4n) is 2.65. The predicted molar refractivity (Wildman–Crippen MR) is 86.9 cm³/mol. The van der Waals surface area contributed by atoms with Crippen molar-refractivity contribution in [2.45, 2.75) is 26.1 Å². The van der Waals surface area contributed by atoms with Gasteiger partial charge in [0.1, 0.15) is 9.88 Å². The summed E-state index contributed by atoms with van der Waals surface area (Å²) in [4.78, 5) is 30.5. The van der Waals surface area contributed by atoms with Crippen LogP contribution in [-0.2, 0) is 16.6 Å². The molecule has 1 aliphatic heterocycles. The fourth-order valence-corrected chi connectivity index (χ4v) is 3.66. The fraction of sp³-hybridized carbons (Fsp3) is 0.467. The number of rotatable bonds is 3. The van der Waals surface area contributed by atoms with Crippen LogP contribution in [0.4, 0.5) is 0 Å². The maximum absolute atomic E-state index is 12.8. The summed E-state index contributed by atoms with van der Waals surface area (Å²) in [5, 5.41) is 14.0. The largest absolute Gasteiger partial charge is 0.479 e. The van der Waals surface area contributed by atoms with Crippen molar-refractivity contribution < 1.29 is 19.4 Å². The molecule has 128 valence electrons. The molecular formula is C15H18N4O4S. The monoisotopic (exact) mass is 350 g/mol. The molecule has 2 atom stereocenters. The molecule has 0 aliphatic carbocycles. The topological polar surface area (TPSA) is 97.6 Å². The molecule has 0 aromatic carbocycles. The zero-order chi connectivity index (χ0) is 17.4. The summed E-state index contributed by atoms with van der Waals surface area (Å²) < 4.78 is 7.03. The van der Waals surface area contributed by atoms with Gasteiger partial charge in [0.15, 0.2) is 6.10 Å². The average Bonchev–Trinajstić information content (AvgIpc) is 3.11. The standard InChI is InChI=1S/C15H18N4O4S/c1-8-5-19(7-11(23-8)15(21)22)14(20)12-9(2)17-13(24-12)10-4-16-18(3)6-10/h4,6,8,11H,5,7H2,1-3H3,(H,21,22)/t8-,11?/m1/s1.